The summed E-state index contributed by atoms with van der Waals surface area (Å²) in [5.74, 6) is 0.635. The molecule has 1 aliphatic rings. The lowest BCUT2D eigenvalue weighted by atomic mass is 10.1. The number of hydrogen-bond donors (Lipinski definition) is 1. The van der Waals surface area contributed by atoms with Gasteiger partial charge in [-0.3, -0.25) is 10.1 Å². The van der Waals surface area contributed by atoms with Crippen LogP contribution >= 0.6 is 0 Å². The van der Waals surface area contributed by atoms with Gasteiger partial charge >= 0.3 is 0 Å². The van der Waals surface area contributed by atoms with Gasteiger partial charge in [-0.2, -0.15) is 0 Å². The van der Waals surface area contributed by atoms with Crippen molar-refractivity contribution in [1.82, 2.24) is 10.2 Å². The first-order valence-electron chi connectivity index (χ1n) is 6.76. The second-order valence-corrected chi connectivity index (χ2v) is 5.23. The topological polar surface area (TPSA) is 32.3 Å². The lowest BCUT2D eigenvalue weighted by molar-refractivity contribution is -0.130. The summed E-state index contributed by atoms with van der Waals surface area (Å²) in [4.78, 5) is 14.5. The van der Waals surface area contributed by atoms with E-state index in [-0.39, 0.29) is 18.1 Å². The van der Waals surface area contributed by atoms with E-state index in [0.717, 1.165) is 18.5 Å². The minimum Gasteiger partial charge on any atom is -0.325 e. The maximum atomic E-state index is 12.5. The Bertz CT molecular complexity index is 402. The molecule has 3 nitrogen and oxygen atoms in total. The van der Waals surface area contributed by atoms with Crippen molar-refractivity contribution in [3.8, 4) is 0 Å². The smallest absolute Gasteiger partial charge is 0.245 e. The molecule has 0 aliphatic carbocycles. The van der Waals surface area contributed by atoms with Gasteiger partial charge in [0.1, 0.15) is 6.04 Å². The number of nitrogens with zero attached hydrogens (tertiary/aromatic N) is 1. The summed E-state index contributed by atoms with van der Waals surface area (Å²) in [5, 5.41) is 3.47. The van der Waals surface area contributed by atoms with Crippen molar-refractivity contribution < 1.29 is 4.79 Å². The third kappa shape index (κ3) is 2.41. The average Bonchev–Trinajstić information content (AvgIpc) is 2.69. The van der Waals surface area contributed by atoms with E-state index < -0.39 is 0 Å². The summed E-state index contributed by atoms with van der Waals surface area (Å²) < 4.78 is 0. The van der Waals surface area contributed by atoms with E-state index >= 15 is 0 Å². The zero-order valence-corrected chi connectivity index (χ0v) is 11.4. The van der Waals surface area contributed by atoms with Crippen molar-refractivity contribution >= 4 is 5.91 Å². The van der Waals surface area contributed by atoms with Gasteiger partial charge in [0.05, 0.1) is 6.17 Å². The predicted octanol–water partition coefficient (Wildman–Crippen LogP) is 2.55. The molecule has 1 N–H and O–H groups in total. The summed E-state index contributed by atoms with van der Waals surface area (Å²) in [5.41, 5.74) is 1.06. The number of rotatable bonds is 4. The highest BCUT2D eigenvalue weighted by Crippen LogP contribution is 2.27. The number of hydrogen-bond acceptors (Lipinski definition) is 2. The number of carbonyl (C=O) groups is 1. The second-order valence-electron chi connectivity index (χ2n) is 5.23. The Morgan fingerprint density at radius 3 is 2.50 bits per heavy atom. The van der Waals surface area contributed by atoms with E-state index in [9.17, 15) is 4.79 Å². The number of benzene rings is 1. The molecule has 1 aromatic carbocycles. The third-order valence-electron chi connectivity index (χ3n) is 3.43. The monoisotopic (exact) mass is 246 g/mol. The molecule has 1 fully saturated rings. The zero-order valence-electron chi connectivity index (χ0n) is 11.4. The molecule has 1 saturated heterocycles. The lowest BCUT2D eigenvalue weighted by Crippen LogP contribution is -2.41. The Kier molecular flexibility index (Phi) is 4.02. The quantitative estimate of drug-likeness (QED) is 0.885. The van der Waals surface area contributed by atoms with Crippen molar-refractivity contribution in [3.05, 3.63) is 35.9 Å². The first-order valence-corrected chi connectivity index (χ1v) is 6.76. The molecule has 0 aromatic heterocycles. The molecule has 3 heteroatoms. The molecule has 98 valence electrons. The number of nitrogens with one attached hydrogen (secondary N) is 1. The van der Waals surface area contributed by atoms with Crippen LogP contribution in [0.4, 0.5) is 0 Å². The van der Waals surface area contributed by atoms with Gasteiger partial charge < -0.3 is 4.90 Å². The SMILES string of the molecule is CCCN1C(=O)C(c2ccccc2)NC1C(C)C. The van der Waals surface area contributed by atoms with Gasteiger partial charge in [0, 0.05) is 6.54 Å². The molecule has 2 unspecified atom stereocenters. The van der Waals surface area contributed by atoms with E-state index in [1.54, 1.807) is 0 Å². The highest BCUT2D eigenvalue weighted by atomic mass is 16.2. The Morgan fingerprint density at radius 1 is 1.28 bits per heavy atom. The van der Waals surface area contributed by atoms with Crippen molar-refractivity contribution in [1.29, 1.82) is 0 Å². The van der Waals surface area contributed by atoms with Crippen LogP contribution in [0.5, 0.6) is 0 Å². The second kappa shape index (κ2) is 5.53. The summed E-state index contributed by atoms with van der Waals surface area (Å²) in [6.07, 6.45) is 1.15. The van der Waals surface area contributed by atoms with E-state index in [4.69, 9.17) is 0 Å². The van der Waals surface area contributed by atoms with Crippen molar-refractivity contribution in [2.75, 3.05) is 6.54 Å². The molecule has 1 aliphatic heterocycles. The summed E-state index contributed by atoms with van der Waals surface area (Å²) in [6, 6.07) is 9.80. The molecular formula is C15H22N2O. The van der Waals surface area contributed by atoms with Crippen LogP contribution in [-0.2, 0) is 4.79 Å². The molecule has 0 radical (unpaired) electrons. The van der Waals surface area contributed by atoms with Crippen LogP contribution in [0, 0.1) is 5.92 Å². The fraction of sp³-hybridized carbons (Fsp3) is 0.533. The van der Waals surface area contributed by atoms with Crippen molar-refractivity contribution in [2.45, 2.75) is 39.4 Å². The summed E-state index contributed by atoms with van der Waals surface area (Å²) in [6.45, 7) is 7.25. The molecule has 18 heavy (non-hydrogen) atoms. The van der Waals surface area contributed by atoms with Gasteiger partial charge in [0.25, 0.3) is 0 Å². The Morgan fingerprint density at radius 2 is 1.94 bits per heavy atom. The number of carbonyl (C=O) groups excluding carboxylic acids is 1. The van der Waals surface area contributed by atoms with E-state index in [2.05, 4.69) is 26.1 Å². The normalized spacial score (nSPS) is 24.0. The highest BCUT2D eigenvalue weighted by molar-refractivity contribution is 5.85. The first-order chi connectivity index (χ1) is 8.65. The Hall–Kier alpha value is -1.35. The van der Waals surface area contributed by atoms with Crippen LogP contribution in [0.2, 0.25) is 0 Å². The maximum absolute atomic E-state index is 12.5. The molecule has 0 spiro atoms. The largest absolute Gasteiger partial charge is 0.325 e. The van der Waals surface area contributed by atoms with Crippen LogP contribution in [0.15, 0.2) is 30.3 Å². The zero-order chi connectivity index (χ0) is 13.1. The van der Waals surface area contributed by atoms with E-state index in [1.807, 2.05) is 35.2 Å². The molecule has 1 aromatic rings. The van der Waals surface area contributed by atoms with E-state index in [0.29, 0.717) is 5.92 Å². The Balaban J connectivity index is 2.23. The Labute approximate surface area is 109 Å². The van der Waals surface area contributed by atoms with Gasteiger partial charge in [0.15, 0.2) is 0 Å². The van der Waals surface area contributed by atoms with E-state index in [1.165, 1.54) is 0 Å². The minimum absolute atomic E-state index is 0.155. The lowest BCUT2D eigenvalue weighted by Gasteiger charge is -2.26. The fourth-order valence-electron chi connectivity index (χ4n) is 2.56. The van der Waals surface area contributed by atoms with Crippen LogP contribution in [-0.4, -0.2) is 23.5 Å². The van der Waals surface area contributed by atoms with Crippen LogP contribution in [0.25, 0.3) is 0 Å². The average molecular weight is 246 g/mol. The highest BCUT2D eigenvalue weighted by Gasteiger charge is 2.40. The summed E-state index contributed by atoms with van der Waals surface area (Å²) >= 11 is 0. The van der Waals surface area contributed by atoms with Gasteiger partial charge in [-0.25, -0.2) is 0 Å². The maximum Gasteiger partial charge on any atom is 0.245 e. The molecule has 1 heterocycles. The standard InChI is InChI=1S/C15H22N2O/c1-4-10-17-14(11(2)3)16-13(15(17)18)12-8-6-5-7-9-12/h5-9,11,13-14,16H,4,10H2,1-3H3. The molecular weight excluding hydrogens is 224 g/mol. The molecule has 0 bridgehead atoms. The third-order valence-corrected chi connectivity index (χ3v) is 3.43. The summed E-state index contributed by atoms with van der Waals surface area (Å²) in [7, 11) is 0. The minimum atomic E-state index is -0.176. The van der Waals surface area contributed by atoms with Crippen LogP contribution in [0.3, 0.4) is 0 Å². The van der Waals surface area contributed by atoms with Crippen molar-refractivity contribution in [2.24, 2.45) is 5.92 Å². The molecule has 2 rings (SSSR count). The van der Waals surface area contributed by atoms with Gasteiger partial charge in [-0.15, -0.1) is 0 Å². The van der Waals surface area contributed by atoms with Gasteiger partial charge in [-0.05, 0) is 17.9 Å². The number of amides is 1. The molecule has 1 amide bonds. The van der Waals surface area contributed by atoms with Crippen LogP contribution < -0.4 is 5.32 Å². The van der Waals surface area contributed by atoms with Crippen LogP contribution in [0.1, 0.15) is 38.8 Å². The first kappa shape index (κ1) is 13.1. The van der Waals surface area contributed by atoms with Crippen molar-refractivity contribution in [3.63, 3.8) is 0 Å². The fourth-order valence-corrected chi connectivity index (χ4v) is 2.56. The van der Waals surface area contributed by atoms with Gasteiger partial charge in [-0.1, -0.05) is 51.1 Å². The predicted molar refractivity (Wildman–Crippen MR) is 72.9 cm³/mol. The molecule has 0 saturated carbocycles. The van der Waals surface area contributed by atoms with Gasteiger partial charge in [0.2, 0.25) is 5.91 Å². The molecule has 2 atom stereocenters.